The summed E-state index contributed by atoms with van der Waals surface area (Å²) in [6.07, 6.45) is 3.78. The predicted molar refractivity (Wildman–Crippen MR) is 132 cm³/mol. The highest BCUT2D eigenvalue weighted by atomic mass is 35.5. The number of thioether (sulfide) groups is 1. The van der Waals surface area contributed by atoms with Crippen LogP contribution in [0.5, 0.6) is 5.75 Å². The first-order valence-electron chi connectivity index (χ1n) is 10.7. The zero-order valence-electron chi connectivity index (χ0n) is 18.4. The van der Waals surface area contributed by atoms with E-state index in [1.165, 1.54) is 16.6 Å². The number of methoxy groups -OCH3 is 1. The molecule has 1 atom stereocenters. The highest BCUT2D eigenvalue weighted by molar-refractivity contribution is 7.99. The number of fused-ring (bicyclic) bond motifs is 3. The number of thiophene rings is 1. The fourth-order valence-corrected chi connectivity index (χ4v) is 6.39. The molecule has 0 spiro atoms. The topological polar surface area (TPSA) is 73.2 Å². The third-order valence-electron chi connectivity index (χ3n) is 5.58. The molecule has 6 nitrogen and oxygen atoms in total. The molecule has 170 valence electrons. The van der Waals surface area contributed by atoms with Crippen molar-refractivity contribution < 1.29 is 9.53 Å². The van der Waals surface area contributed by atoms with Crippen molar-refractivity contribution in [3.63, 3.8) is 0 Å². The monoisotopic (exact) mass is 491 g/mol. The summed E-state index contributed by atoms with van der Waals surface area (Å²) < 4.78 is 7.08. The summed E-state index contributed by atoms with van der Waals surface area (Å²) in [6, 6.07) is 5.17. The maximum Gasteiger partial charge on any atom is 0.267 e. The molecule has 2 aromatic heterocycles. The Morgan fingerprint density at radius 1 is 1.44 bits per heavy atom. The van der Waals surface area contributed by atoms with Crippen LogP contribution in [0, 0.1) is 5.92 Å². The Balaban J connectivity index is 1.89. The molecular formula is C23H26ClN3O3S2. The molecule has 1 aliphatic carbocycles. The van der Waals surface area contributed by atoms with Gasteiger partial charge in [0.15, 0.2) is 5.16 Å². The lowest BCUT2D eigenvalue weighted by Gasteiger charge is -2.18. The fourth-order valence-electron chi connectivity index (χ4n) is 3.96. The summed E-state index contributed by atoms with van der Waals surface area (Å²) in [5.41, 5.74) is 1.51. The third kappa shape index (κ3) is 4.54. The van der Waals surface area contributed by atoms with Gasteiger partial charge in [0.25, 0.3) is 5.56 Å². The van der Waals surface area contributed by atoms with Gasteiger partial charge in [0.05, 0.1) is 23.9 Å². The molecule has 1 N–H and O–H groups in total. The minimum absolute atomic E-state index is 0.0879. The number of rotatable bonds is 7. The van der Waals surface area contributed by atoms with Gasteiger partial charge in [0.2, 0.25) is 5.91 Å². The van der Waals surface area contributed by atoms with E-state index in [1.807, 2.05) is 6.92 Å². The molecular weight excluding hydrogens is 466 g/mol. The second kappa shape index (κ2) is 9.85. The Bertz CT molecular complexity index is 1220. The van der Waals surface area contributed by atoms with E-state index in [0.29, 0.717) is 39.5 Å². The lowest BCUT2D eigenvalue weighted by Crippen LogP contribution is -2.27. The van der Waals surface area contributed by atoms with Crippen LogP contribution in [-0.2, 0) is 17.6 Å². The first-order valence-corrected chi connectivity index (χ1v) is 12.9. The smallest absolute Gasteiger partial charge is 0.267 e. The summed E-state index contributed by atoms with van der Waals surface area (Å²) in [5.74, 6) is 1.20. The molecule has 0 radical (unpaired) electrons. The van der Waals surface area contributed by atoms with Crippen LogP contribution in [0.4, 0.5) is 0 Å². The average Bonchev–Trinajstić information content (AvgIpc) is 3.13. The number of amides is 1. The second-order valence-electron chi connectivity index (χ2n) is 8.02. The molecule has 9 heteroatoms. The van der Waals surface area contributed by atoms with E-state index in [-0.39, 0.29) is 17.2 Å². The van der Waals surface area contributed by atoms with E-state index in [0.717, 1.165) is 36.1 Å². The molecule has 1 aromatic carbocycles. The van der Waals surface area contributed by atoms with Crippen molar-refractivity contribution in [2.24, 2.45) is 5.92 Å². The van der Waals surface area contributed by atoms with Crippen LogP contribution in [0.1, 0.15) is 37.1 Å². The number of hydrogen-bond acceptors (Lipinski definition) is 6. The normalized spacial score (nSPS) is 15.6. The summed E-state index contributed by atoms with van der Waals surface area (Å²) >= 11 is 9.13. The van der Waals surface area contributed by atoms with Gasteiger partial charge in [-0.2, -0.15) is 0 Å². The zero-order valence-corrected chi connectivity index (χ0v) is 20.8. The number of nitrogens with zero attached hydrogens (tertiary/aromatic N) is 2. The predicted octanol–water partition coefficient (Wildman–Crippen LogP) is 4.85. The van der Waals surface area contributed by atoms with Gasteiger partial charge < -0.3 is 10.1 Å². The minimum Gasteiger partial charge on any atom is -0.495 e. The van der Waals surface area contributed by atoms with E-state index >= 15 is 0 Å². The van der Waals surface area contributed by atoms with Crippen LogP contribution in [0.3, 0.4) is 0 Å². The quantitative estimate of drug-likeness (QED) is 0.377. The van der Waals surface area contributed by atoms with Crippen LogP contribution in [-0.4, -0.2) is 34.9 Å². The summed E-state index contributed by atoms with van der Waals surface area (Å²) in [7, 11) is 1.56. The minimum atomic E-state index is -0.140. The number of nitrogens with one attached hydrogen (secondary N) is 1. The maximum absolute atomic E-state index is 13.9. The van der Waals surface area contributed by atoms with E-state index < -0.39 is 0 Å². The Kier molecular flexibility index (Phi) is 7.12. The van der Waals surface area contributed by atoms with Gasteiger partial charge in [-0.15, -0.1) is 11.3 Å². The standard InChI is InChI=1S/C23H26ClN3O3S2/c1-4-9-25-19(28)12-31-23-26-21-20(15-7-5-13(2)10-18(15)32-21)22(29)27(23)16-11-14(24)6-8-17(16)30-3/h6,8,11,13H,4-5,7,9-10,12H2,1-3H3,(H,25,28). The number of carbonyl (C=O) groups excluding carboxylic acids is 1. The summed E-state index contributed by atoms with van der Waals surface area (Å²) in [4.78, 5) is 33.0. The lowest BCUT2D eigenvalue weighted by atomic mass is 9.89. The van der Waals surface area contributed by atoms with Crippen LogP contribution in [0.2, 0.25) is 5.02 Å². The first-order chi connectivity index (χ1) is 15.4. The molecule has 1 aliphatic rings. The van der Waals surface area contributed by atoms with Gasteiger partial charge in [-0.05, 0) is 55.4 Å². The number of hydrogen-bond donors (Lipinski definition) is 1. The molecule has 0 fully saturated rings. The van der Waals surface area contributed by atoms with E-state index in [1.54, 1.807) is 41.2 Å². The number of aryl methyl sites for hydroxylation is 1. The molecule has 0 saturated heterocycles. The second-order valence-corrected chi connectivity index (χ2v) is 10.5. The Hall–Kier alpha value is -2.03. The molecule has 0 saturated carbocycles. The van der Waals surface area contributed by atoms with Gasteiger partial charge in [0, 0.05) is 16.4 Å². The average molecular weight is 492 g/mol. The number of ether oxygens (including phenoxy) is 1. The van der Waals surface area contributed by atoms with E-state index in [2.05, 4.69) is 12.2 Å². The van der Waals surface area contributed by atoms with Crippen molar-refractivity contribution in [1.82, 2.24) is 14.9 Å². The number of halogens is 1. The highest BCUT2D eigenvalue weighted by Gasteiger charge is 2.26. The van der Waals surface area contributed by atoms with Crippen molar-refractivity contribution >= 4 is 50.8 Å². The van der Waals surface area contributed by atoms with Gasteiger partial charge >= 0.3 is 0 Å². The van der Waals surface area contributed by atoms with Gasteiger partial charge in [-0.25, -0.2) is 4.98 Å². The molecule has 1 unspecified atom stereocenters. The van der Waals surface area contributed by atoms with Crippen molar-refractivity contribution in [2.45, 2.75) is 44.7 Å². The van der Waals surface area contributed by atoms with Gasteiger partial charge in [-0.1, -0.05) is 37.2 Å². The zero-order chi connectivity index (χ0) is 22.8. The fraction of sp³-hybridized carbons (Fsp3) is 0.435. The van der Waals surface area contributed by atoms with E-state index in [4.69, 9.17) is 21.3 Å². The number of benzene rings is 1. The molecule has 0 aliphatic heterocycles. The third-order valence-corrected chi connectivity index (χ3v) is 7.91. The van der Waals surface area contributed by atoms with Gasteiger partial charge in [0.1, 0.15) is 10.6 Å². The van der Waals surface area contributed by atoms with Gasteiger partial charge in [-0.3, -0.25) is 14.2 Å². The van der Waals surface area contributed by atoms with Crippen LogP contribution < -0.4 is 15.6 Å². The molecule has 3 aromatic rings. The highest BCUT2D eigenvalue weighted by Crippen LogP contribution is 2.38. The van der Waals surface area contributed by atoms with E-state index in [9.17, 15) is 9.59 Å². The Labute approximate surface area is 200 Å². The number of aromatic nitrogens is 2. The Morgan fingerprint density at radius 2 is 2.25 bits per heavy atom. The van der Waals surface area contributed by atoms with Crippen molar-refractivity contribution in [2.75, 3.05) is 19.4 Å². The van der Waals surface area contributed by atoms with Crippen molar-refractivity contribution in [1.29, 1.82) is 0 Å². The maximum atomic E-state index is 13.9. The van der Waals surface area contributed by atoms with Crippen LogP contribution in [0.25, 0.3) is 15.9 Å². The molecule has 1 amide bonds. The van der Waals surface area contributed by atoms with Crippen LogP contribution >= 0.6 is 34.7 Å². The molecule has 2 heterocycles. The lowest BCUT2D eigenvalue weighted by molar-refractivity contribution is -0.118. The van der Waals surface area contributed by atoms with Crippen molar-refractivity contribution in [3.05, 3.63) is 44.0 Å². The summed E-state index contributed by atoms with van der Waals surface area (Å²) in [6.45, 7) is 4.87. The molecule has 0 bridgehead atoms. The SMILES string of the molecule is CCCNC(=O)CSc1nc2sc3c(c2c(=O)n1-c1cc(Cl)ccc1OC)CCC(C)C3. The molecule has 4 rings (SSSR count). The van der Waals surface area contributed by atoms with Crippen LogP contribution in [0.15, 0.2) is 28.2 Å². The molecule has 32 heavy (non-hydrogen) atoms. The summed E-state index contributed by atoms with van der Waals surface area (Å²) in [5, 5.41) is 4.50. The van der Waals surface area contributed by atoms with Crippen molar-refractivity contribution in [3.8, 4) is 11.4 Å². The Morgan fingerprint density at radius 3 is 3.00 bits per heavy atom. The largest absolute Gasteiger partial charge is 0.495 e. The number of carbonyl (C=O) groups is 1. The first kappa shape index (κ1) is 23.1.